The van der Waals surface area contributed by atoms with Gasteiger partial charge in [-0.15, -0.1) is 11.3 Å². The molecule has 1 N–H and O–H groups in total. The molecule has 1 aromatic carbocycles. The van der Waals surface area contributed by atoms with E-state index < -0.39 is 0 Å². The summed E-state index contributed by atoms with van der Waals surface area (Å²) in [6.07, 6.45) is 5.00. The average molecular weight is 336 g/mol. The van der Waals surface area contributed by atoms with E-state index in [0.29, 0.717) is 12.5 Å². The van der Waals surface area contributed by atoms with E-state index in [0.717, 1.165) is 22.1 Å². The Bertz CT molecular complexity index is 919. The number of hydrogen-bond acceptors (Lipinski definition) is 8. The van der Waals surface area contributed by atoms with Crippen LogP contribution < -0.4 is 5.32 Å². The molecule has 0 amide bonds. The van der Waals surface area contributed by atoms with Gasteiger partial charge in [0.25, 0.3) is 0 Å². The molecule has 9 heteroatoms. The molecule has 0 aliphatic heterocycles. The number of thiazole rings is 1. The third-order valence-corrected chi connectivity index (χ3v) is 4.15. The SMILES string of the molecule is c1ccc(-n2nnnc2NCc2csc(-c3cnccn3)n2)cc1. The Kier molecular flexibility index (Phi) is 3.90. The normalized spacial score (nSPS) is 10.7. The van der Waals surface area contributed by atoms with Crippen molar-refractivity contribution in [2.24, 2.45) is 0 Å². The van der Waals surface area contributed by atoms with Crippen LogP contribution in [0.3, 0.4) is 0 Å². The van der Waals surface area contributed by atoms with Gasteiger partial charge in [-0.25, -0.2) is 4.98 Å². The summed E-state index contributed by atoms with van der Waals surface area (Å²) in [7, 11) is 0. The van der Waals surface area contributed by atoms with Crippen molar-refractivity contribution in [2.45, 2.75) is 6.54 Å². The van der Waals surface area contributed by atoms with E-state index in [1.807, 2.05) is 35.7 Å². The lowest BCUT2D eigenvalue weighted by Crippen LogP contribution is -2.07. The molecule has 0 saturated carbocycles. The van der Waals surface area contributed by atoms with E-state index in [2.05, 4.69) is 35.8 Å². The van der Waals surface area contributed by atoms with Gasteiger partial charge in [-0.3, -0.25) is 9.97 Å². The number of benzene rings is 1. The Morgan fingerprint density at radius 2 is 2.04 bits per heavy atom. The van der Waals surface area contributed by atoms with Gasteiger partial charge in [0.1, 0.15) is 10.7 Å². The quantitative estimate of drug-likeness (QED) is 0.597. The van der Waals surface area contributed by atoms with Crippen LogP contribution in [0.4, 0.5) is 5.95 Å². The van der Waals surface area contributed by atoms with Gasteiger partial charge in [-0.05, 0) is 22.6 Å². The maximum absolute atomic E-state index is 4.56. The van der Waals surface area contributed by atoms with E-state index >= 15 is 0 Å². The third kappa shape index (κ3) is 2.97. The molecule has 0 unspecified atom stereocenters. The molecular weight excluding hydrogens is 324 g/mol. The highest BCUT2D eigenvalue weighted by Crippen LogP contribution is 2.21. The number of hydrogen-bond donors (Lipinski definition) is 1. The van der Waals surface area contributed by atoms with Crippen molar-refractivity contribution in [3.8, 4) is 16.4 Å². The van der Waals surface area contributed by atoms with Gasteiger partial charge in [0.05, 0.1) is 24.1 Å². The lowest BCUT2D eigenvalue weighted by molar-refractivity contribution is 0.789. The monoisotopic (exact) mass is 336 g/mol. The maximum Gasteiger partial charge on any atom is 0.248 e. The Hall–Kier alpha value is -3.20. The molecule has 3 heterocycles. The summed E-state index contributed by atoms with van der Waals surface area (Å²) in [5.41, 5.74) is 2.55. The summed E-state index contributed by atoms with van der Waals surface area (Å²) in [4.78, 5) is 12.9. The van der Waals surface area contributed by atoms with Crippen molar-refractivity contribution < 1.29 is 0 Å². The van der Waals surface area contributed by atoms with Crippen molar-refractivity contribution in [1.29, 1.82) is 0 Å². The van der Waals surface area contributed by atoms with Crippen LogP contribution in [0, 0.1) is 0 Å². The first kappa shape index (κ1) is 14.4. The highest BCUT2D eigenvalue weighted by Gasteiger charge is 2.10. The van der Waals surface area contributed by atoms with Gasteiger partial charge in [-0.2, -0.15) is 4.68 Å². The fourth-order valence-corrected chi connectivity index (χ4v) is 2.91. The predicted octanol–water partition coefficient (Wildman–Crippen LogP) is 2.19. The van der Waals surface area contributed by atoms with Crippen molar-refractivity contribution in [1.82, 2.24) is 35.2 Å². The van der Waals surface area contributed by atoms with E-state index in [-0.39, 0.29) is 0 Å². The molecular formula is C15H12N8S. The van der Waals surface area contributed by atoms with Crippen molar-refractivity contribution in [2.75, 3.05) is 5.32 Å². The van der Waals surface area contributed by atoms with Crippen LogP contribution in [0.2, 0.25) is 0 Å². The Morgan fingerprint density at radius 1 is 1.12 bits per heavy atom. The molecule has 0 aliphatic rings. The van der Waals surface area contributed by atoms with Gasteiger partial charge in [0.15, 0.2) is 0 Å². The second-order valence-corrected chi connectivity index (χ2v) is 5.70. The summed E-state index contributed by atoms with van der Waals surface area (Å²) in [6.45, 7) is 0.518. The fourth-order valence-electron chi connectivity index (χ4n) is 2.13. The van der Waals surface area contributed by atoms with Crippen LogP contribution in [0.15, 0.2) is 54.3 Å². The van der Waals surface area contributed by atoms with Crippen molar-refractivity contribution >= 4 is 17.3 Å². The van der Waals surface area contributed by atoms with Crippen LogP contribution in [-0.4, -0.2) is 35.2 Å². The number of aromatic nitrogens is 7. The van der Waals surface area contributed by atoms with E-state index in [9.17, 15) is 0 Å². The zero-order chi connectivity index (χ0) is 16.2. The molecule has 0 aliphatic carbocycles. The summed E-state index contributed by atoms with van der Waals surface area (Å²) in [6, 6.07) is 9.71. The zero-order valence-corrected chi connectivity index (χ0v) is 13.3. The van der Waals surface area contributed by atoms with Crippen LogP contribution in [0.1, 0.15) is 5.69 Å². The zero-order valence-electron chi connectivity index (χ0n) is 12.4. The Morgan fingerprint density at radius 3 is 2.88 bits per heavy atom. The fraction of sp³-hybridized carbons (Fsp3) is 0.0667. The molecule has 4 aromatic rings. The van der Waals surface area contributed by atoms with Gasteiger partial charge in [0.2, 0.25) is 5.95 Å². The van der Waals surface area contributed by atoms with E-state index in [4.69, 9.17) is 0 Å². The van der Waals surface area contributed by atoms with E-state index in [1.165, 1.54) is 11.3 Å². The predicted molar refractivity (Wildman–Crippen MR) is 89.6 cm³/mol. The molecule has 24 heavy (non-hydrogen) atoms. The summed E-state index contributed by atoms with van der Waals surface area (Å²) >= 11 is 1.53. The number of nitrogens with zero attached hydrogens (tertiary/aromatic N) is 7. The molecule has 0 bridgehead atoms. The molecule has 3 aromatic heterocycles. The molecule has 0 saturated heterocycles. The Labute approximate surface area is 141 Å². The first-order valence-electron chi connectivity index (χ1n) is 7.18. The second kappa shape index (κ2) is 6.50. The standard InChI is InChI=1S/C15H12N8S/c1-2-4-12(5-3-1)23-15(20-21-22-23)18-8-11-10-24-14(19-11)13-9-16-6-7-17-13/h1-7,9-10H,8H2,(H,18,20,22). The minimum Gasteiger partial charge on any atom is -0.347 e. The highest BCUT2D eigenvalue weighted by molar-refractivity contribution is 7.13. The number of nitrogens with one attached hydrogen (secondary N) is 1. The molecule has 0 radical (unpaired) electrons. The van der Waals surface area contributed by atoms with Gasteiger partial charge < -0.3 is 5.32 Å². The van der Waals surface area contributed by atoms with Crippen LogP contribution >= 0.6 is 11.3 Å². The minimum absolute atomic E-state index is 0.518. The number of rotatable bonds is 5. The van der Waals surface area contributed by atoms with Crippen LogP contribution in [0.5, 0.6) is 0 Å². The molecule has 118 valence electrons. The number of anilines is 1. The minimum atomic E-state index is 0.518. The topological polar surface area (TPSA) is 94.3 Å². The molecule has 8 nitrogen and oxygen atoms in total. The molecule has 0 atom stereocenters. The van der Waals surface area contributed by atoms with Crippen LogP contribution in [-0.2, 0) is 6.54 Å². The maximum atomic E-state index is 4.56. The first-order chi connectivity index (χ1) is 11.9. The first-order valence-corrected chi connectivity index (χ1v) is 8.06. The van der Waals surface area contributed by atoms with E-state index in [1.54, 1.807) is 23.3 Å². The number of para-hydroxylation sites is 1. The summed E-state index contributed by atoms with van der Waals surface area (Å²) in [5, 5.41) is 17.8. The Balaban J connectivity index is 1.49. The third-order valence-electron chi connectivity index (χ3n) is 3.23. The van der Waals surface area contributed by atoms with Crippen LogP contribution in [0.25, 0.3) is 16.4 Å². The van der Waals surface area contributed by atoms with Crippen molar-refractivity contribution in [3.05, 3.63) is 60.0 Å². The lowest BCUT2D eigenvalue weighted by Gasteiger charge is -2.05. The van der Waals surface area contributed by atoms with Crippen molar-refractivity contribution in [3.63, 3.8) is 0 Å². The largest absolute Gasteiger partial charge is 0.347 e. The number of tetrazole rings is 1. The van der Waals surface area contributed by atoms with Gasteiger partial charge >= 0.3 is 0 Å². The summed E-state index contributed by atoms with van der Waals surface area (Å²) in [5.74, 6) is 0.565. The average Bonchev–Trinajstić information content (AvgIpc) is 3.31. The van der Waals surface area contributed by atoms with Gasteiger partial charge in [-0.1, -0.05) is 23.3 Å². The second-order valence-electron chi connectivity index (χ2n) is 4.84. The highest BCUT2D eigenvalue weighted by atomic mass is 32.1. The molecule has 0 fully saturated rings. The summed E-state index contributed by atoms with van der Waals surface area (Å²) < 4.78 is 1.65. The molecule has 0 spiro atoms. The lowest BCUT2D eigenvalue weighted by atomic mass is 10.3. The van der Waals surface area contributed by atoms with Gasteiger partial charge in [0, 0.05) is 17.8 Å². The smallest absolute Gasteiger partial charge is 0.248 e. The molecule has 4 rings (SSSR count).